The molecule has 1 aliphatic rings. The number of rotatable bonds is 3. The second kappa shape index (κ2) is 6.55. The van der Waals surface area contributed by atoms with Gasteiger partial charge in [-0.3, -0.25) is 0 Å². The van der Waals surface area contributed by atoms with Crippen molar-refractivity contribution in [3.63, 3.8) is 0 Å². The van der Waals surface area contributed by atoms with Crippen molar-refractivity contribution in [3.05, 3.63) is 71.4 Å². The van der Waals surface area contributed by atoms with E-state index in [2.05, 4.69) is 64.6 Å². The Hall–Kier alpha value is -2.88. The number of fused-ring (bicyclic) bond motifs is 1. The quantitative estimate of drug-likeness (QED) is 0.740. The average molecular weight is 330 g/mol. The highest BCUT2D eigenvalue weighted by atomic mass is 15.2. The lowest BCUT2D eigenvalue weighted by atomic mass is 10.0. The monoisotopic (exact) mass is 330 g/mol. The van der Waals surface area contributed by atoms with Gasteiger partial charge in [0, 0.05) is 29.7 Å². The van der Waals surface area contributed by atoms with Crippen LogP contribution in [0.4, 0.5) is 23.1 Å². The SMILES string of the molecule is Cc1cccc(Nc2nc(C)cc(N3CCCc4ccccc43)n2)c1. The van der Waals surface area contributed by atoms with E-state index in [-0.39, 0.29) is 0 Å². The third kappa shape index (κ3) is 3.33. The summed E-state index contributed by atoms with van der Waals surface area (Å²) in [5.41, 5.74) is 5.83. The first-order chi connectivity index (χ1) is 12.2. The van der Waals surface area contributed by atoms with Crippen LogP contribution in [0.1, 0.15) is 23.2 Å². The summed E-state index contributed by atoms with van der Waals surface area (Å²) in [7, 11) is 0. The molecule has 4 nitrogen and oxygen atoms in total. The van der Waals surface area contributed by atoms with E-state index in [0.29, 0.717) is 5.95 Å². The van der Waals surface area contributed by atoms with E-state index in [1.54, 1.807) is 0 Å². The van der Waals surface area contributed by atoms with Gasteiger partial charge in [-0.25, -0.2) is 4.98 Å². The second-order valence-corrected chi connectivity index (χ2v) is 6.57. The Bertz CT molecular complexity index is 904. The van der Waals surface area contributed by atoms with Crippen LogP contribution in [0.2, 0.25) is 0 Å². The molecule has 0 atom stereocenters. The first-order valence-corrected chi connectivity index (χ1v) is 8.74. The molecule has 0 saturated carbocycles. The number of aromatic nitrogens is 2. The van der Waals surface area contributed by atoms with Crippen molar-refractivity contribution < 1.29 is 0 Å². The van der Waals surface area contributed by atoms with Crippen molar-refractivity contribution in [2.45, 2.75) is 26.7 Å². The number of nitrogens with one attached hydrogen (secondary N) is 1. The fourth-order valence-electron chi connectivity index (χ4n) is 3.37. The van der Waals surface area contributed by atoms with E-state index in [1.165, 1.54) is 16.8 Å². The van der Waals surface area contributed by atoms with E-state index < -0.39 is 0 Å². The fourth-order valence-corrected chi connectivity index (χ4v) is 3.37. The van der Waals surface area contributed by atoms with Crippen molar-refractivity contribution in [3.8, 4) is 0 Å². The first-order valence-electron chi connectivity index (χ1n) is 8.74. The Balaban J connectivity index is 1.69. The van der Waals surface area contributed by atoms with Crippen LogP contribution in [0.5, 0.6) is 0 Å². The summed E-state index contributed by atoms with van der Waals surface area (Å²) < 4.78 is 0. The van der Waals surface area contributed by atoms with Crippen LogP contribution in [-0.2, 0) is 6.42 Å². The second-order valence-electron chi connectivity index (χ2n) is 6.57. The number of anilines is 4. The summed E-state index contributed by atoms with van der Waals surface area (Å²) in [6, 6.07) is 18.9. The van der Waals surface area contributed by atoms with Gasteiger partial charge in [-0.2, -0.15) is 4.98 Å². The molecule has 0 aliphatic carbocycles. The summed E-state index contributed by atoms with van der Waals surface area (Å²) in [4.78, 5) is 11.6. The van der Waals surface area contributed by atoms with Gasteiger partial charge < -0.3 is 10.2 Å². The molecule has 25 heavy (non-hydrogen) atoms. The zero-order chi connectivity index (χ0) is 17.2. The molecule has 0 fully saturated rings. The molecule has 1 aliphatic heterocycles. The highest BCUT2D eigenvalue weighted by Gasteiger charge is 2.19. The summed E-state index contributed by atoms with van der Waals surface area (Å²) in [5.74, 6) is 1.60. The van der Waals surface area contributed by atoms with E-state index >= 15 is 0 Å². The Morgan fingerprint density at radius 3 is 2.72 bits per heavy atom. The number of hydrogen-bond acceptors (Lipinski definition) is 4. The Labute approximate surface area is 148 Å². The number of benzene rings is 2. The maximum absolute atomic E-state index is 4.78. The van der Waals surface area contributed by atoms with E-state index in [4.69, 9.17) is 4.98 Å². The molecule has 1 N–H and O–H groups in total. The number of nitrogens with zero attached hydrogens (tertiary/aromatic N) is 3. The van der Waals surface area contributed by atoms with Gasteiger partial charge in [0.2, 0.25) is 5.95 Å². The first kappa shape index (κ1) is 15.6. The predicted octanol–water partition coefficient (Wildman–Crippen LogP) is 4.92. The van der Waals surface area contributed by atoms with Gasteiger partial charge in [0.1, 0.15) is 5.82 Å². The van der Waals surface area contributed by atoms with Crippen molar-refractivity contribution in [1.29, 1.82) is 0 Å². The van der Waals surface area contributed by atoms with Crippen LogP contribution in [0.25, 0.3) is 0 Å². The van der Waals surface area contributed by atoms with Crippen molar-refractivity contribution in [2.24, 2.45) is 0 Å². The lowest BCUT2D eigenvalue weighted by Gasteiger charge is -2.30. The minimum atomic E-state index is 0.642. The van der Waals surface area contributed by atoms with Gasteiger partial charge in [-0.05, 0) is 56.0 Å². The molecule has 0 amide bonds. The van der Waals surface area contributed by atoms with Crippen LogP contribution in [0.15, 0.2) is 54.6 Å². The largest absolute Gasteiger partial charge is 0.326 e. The molecule has 0 spiro atoms. The molecular weight excluding hydrogens is 308 g/mol. The Morgan fingerprint density at radius 1 is 0.960 bits per heavy atom. The molecule has 0 saturated heterocycles. The molecular formula is C21H22N4. The molecule has 0 radical (unpaired) electrons. The molecule has 1 aromatic heterocycles. The van der Waals surface area contributed by atoms with E-state index in [1.807, 2.05) is 19.1 Å². The minimum Gasteiger partial charge on any atom is -0.326 e. The third-order valence-corrected chi connectivity index (χ3v) is 4.50. The van der Waals surface area contributed by atoms with Gasteiger partial charge in [0.15, 0.2) is 0 Å². The zero-order valence-corrected chi connectivity index (χ0v) is 14.7. The average Bonchev–Trinajstić information content (AvgIpc) is 2.61. The van der Waals surface area contributed by atoms with E-state index in [0.717, 1.165) is 36.6 Å². The summed E-state index contributed by atoms with van der Waals surface area (Å²) in [6.07, 6.45) is 2.27. The summed E-state index contributed by atoms with van der Waals surface area (Å²) in [5, 5.41) is 3.34. The lowest BCUT2D eigenvalue weighted by Crippen LogP contribution is -2.25. The Kier molecular flexibility index (Phi) is 4.10. The molecule has 2 heterocycles. The molecule has 4 rings (SSSR count). The van der Waals surface area contributed by atoms with Crippen LogP contribution < -0.4 is 10.2 Å². The molecule has 126 valence electrons. The number of para-hydroxylation sites is 1. The normalized spacial score (nSPS) is 13.4. The van der Waals surface area contributed by atoms with Gasteiger partial charge >= 0.3 is 0 Å². The van der Waals surface area contributed by atoms with Gasteiger partial charge in [-0.15, -0.1) is 0 Å². The van der Waals surface area contributed by atoms with Crippen molar-refractivity contribution in [2.75, 3.05) is 16.8 Å². The highest BCUT2D eigenvalue weighted by molar-refractivity contribution is 5.67. The third-order valence-electron chi connectivity index (χ3n) is 4.50. The zero-order valence-electron chi connectivity index (χ0n) is 14.7. The minimum absolute atomic E-state index is 0.642. The molecule has 4 heteroatoms. The number of aryl methyl sites for hydroxylation is 3. The van der Waals surface area contributed by atoms with Gasteiger partial charge in [0.25, 0.3) is 0 Å². The fraction of sp³-hybridized carbons (Fsp3) is 0.238. The van der Waals surface area contributed by atoms with E-state index in [9.17, 15) is 0 Å². The van der Waals surface area contributed by atoms with Crippen LogP contribution in [0, 0.1) is 13.8 Å². The van der Waals surface area contributed by atoms with Crippen molar-refractivity contribution in [1.82, 2.24) is 9.97 Å². The highest BCUT2D eigenvalue weighted by Crippen LogP contribution is 2.33. The van der Waals surface area contributed by atoms with Crippen LogP contribution >= 0.6 is 0 Å². The smallest absolute Gasteiger partial charge is 0.229 e. The summed E-state index contributed by atoms with van der Waals surface area (Å²) in [6.45, 7) is 5.08. The van der Waals surface area contributed by atoms with Crippen molar-refractivity contribution >= 4 is 23.1 Å². The molecule has 0 bridgehead atoms. The van der Waals surface area contributed by atoms with Gasteiger partial charge in [-0.1, -0.05) is 30.3 Å². The van der Waals surface area contributed by atoms with Crippen LogP contribution in [0.3, 0.4) is 0 Å². The molecule has 0 unspecified atom stereocenters. The van der Waals surface area contributed by atoms with Crippen LogP contribution in [-0.4, -0.2) is 16.5 Å². The standard InChI is InChI=1S/C21H22N4/c1-15-7-5-10-18(13-15)23-21-22-16(2)14-20(24-21)25-12-6-9-17-8-3-4-11-19(17)25/h3-5,7-8,10-11,13-14H,6,9,12H2,1-2H3,(H,22,23,24). The van der Waals surface area contributed by atoms with Gasteiger partial charge in [0.05, 0.1) is 0 Å². The lowest BCUT2D eigenvalue weighted by molar-refractivity contribution is 0.758. The summed E-state index contributed by atoms with van der Waals surface area (Å²) >= 11 is 0. The molecule has 2 aromatic carbocycles. The topological polar surface area (TPSA) is 41.1 Å². The number of hydrogen-bond donors (Lipinski definition) is 1. The predicted molar refractivity (Wildman–Crippen MR) is 103 cm³/mol. The maximum atomic E-state index is 4.78. The Morgan fingerprint density at radius 2 is 1.84 bits per heavy atom. The maximum Gasteiger partial charge on any atom is 0.229 e. The molecule has 3 aromatic rings.